The molecule has 1 atom stereocenters. The van der Waals surface area contributed by atoms with E-state index in [2.05, 4.69) is 37.9 Å². The van der Waals surface area contributed by atoms with E-state index in [0.717, 1.165) is 21.4 Å². The zero-order chi connectivity index (χ0) is 11.3. The summed E-state index contributed by atoms with van der Waals surface area (Å²) in [6.45, 7) is 6.40. The zero-order valence-electron chi connectivity index (χ0n) is 9.74. The number of hydrogen-bond acceptors (Lipinski definition) is 3. The van der Waals surface area contributed by atoms with Crippen LogP contribution in [0.15, 0.2) is 28.4 Å². The second-order valence-corrected chi connectivity index (χ2v) is 5.50. The van der Waals surface area contributed by atoms with Crippen LogP contribution >= 0.6 is 11.3 Å². The molecule has 0 fully saturated rings. The summed E-state index contributed by atoms with van der Waals surface area (Å²) in [7, 11) is 0. The van der Waals surface area contributed by atoms with Gasteiger partial charge in [-0.2, -0.15) is 0 Å². The van der Waals surface area contributed by atoms with E-state index in [-0.39, 0.29) is 0 Å². The van der Waals surface area contributed by atoms with Crippen LogP contribution in [-0.4, -0.2) is 4.98 Å². The van der Waals surface area contributed by atoms with Crippen LogP contribution in [0.25, 0.3) is 5.57 Å². The standard InChI is InChI=1S/C13H14N2S/c1-4-9-6-5-7(2)11-10(9)12-13(15-11)16-8(3)14-12/h5-6,9H,4H2,1-3H3/t9-/m0/s1. The molecule has 0 aromatic carbocycles. The third kappa shape index (κ3) is 1.24. The van der Waals surface area contributed by atoms with Crippen molar-refractivity contribution in [2.75, 3.05) is 0 Å². The lowest BCUT2D eigenvalue weighted by Crippen LogP contribution is -2.22. The molecule has 0 spiro atoms. The van der Waals surface area contributed by atoms with E-state index in [0.29, 0.717) is 5.92 Å². The van der Waals surface area contributed by atoms with Gasteiger partial charge in [-0.15, -0.1) is 0 Å². The number of hydrogen-bond donors (Lipinski definition) is 0. The zero-order valence-corrected chi connectivity index (χ0v) is 10.6. The molecule has 0 bridgehead atoms. The summed E-state index contributed by atoms with van der Waals surface area (Å²) < 4.78 is 1.10. The minimum absolute atomic E-state index is 0.491. The van der Waals surface area contributed by atoms with Crippen molar-refractivity contribution < 1.29 is 0 Å². The molecule has 0 unspecified atom stereocenters. The third-order valence-electron chi connectivity index (χ3n) is 3.20. The highest BCUT2D eigenvalue weighted by atomic mass is 32.1. The SMILES string of the molecule is CC[C@H]1C=CC(C)=C2N=c3sc(C)nc3=C21. The molecule has 0 saturated heterocycles. The molecule has 1 aromatic rings. The van der Waals surface area contributed by atoms with Gasteiger partial charge in [0.15, 0.2) is 0 Å². The highest BCUT2D eigenvalue weighted by Gasteiger charge is 2.25. The molecule has 1 aliphatic heterocycles. The monoisotopic (exact) mass is 230 g/mol. The molecular formula is C13H14N2S. The Labute approximate surface area is 98.8 Å². The average molecular weight is 230 g/mol. The lowest BCUT2D eigenvalue weighted by molar-refractivity contribution is 0.777. The summed E-state index contributed by atoms with van der Waals surface area (Å²) in [5.74, 6) is 0.491. The molecule has 2 heterocycles. The number of fused-ring (bicyclic) bond motifs is 2. The molecule has 0 N–H and O–H groups in total. The van der Waals surface area contributed by atoms with E-state index >= 15 is 0 Å². The predicted molar refractivity (Wildman–Crippen MR) is 66.7 cm³/mol. The molecule has 16 heavy (non-hydrogen) atoms. The molecule has 1 aromatic heterocycles. The summed E-state index contributed by atoms with van der Waals surface area (Å²) in [5.41, 5.74) is 3.78. The van der Waals surface area contributed by atoms with Crippen molar-refractivity contribution in [3.63, 3.8) is 0 Å². The van der Waals surface area contributed by atoms with Crippen LogP contribution in [0.1, 0.15) is 25.3 Å². The average Bonchev–Trinajstić information content (AvgIpc) is 2.76. The van der Waals surface area contributed by atoms with Crippen LogP contribution in [0.4, 0.5) is 0 Å². The number of allylic oxidation sites excluding steroid dienone is 4. The first-order valence-corrected chi connectivity index (χ1v) is 6.48. The fraction of sp³-hybridized carbons (Fsp3) is 0.385. The molecule has 3 heteroatoms. The van der Waals surface area contributed by atoms with Crippen molar-refractivity contribution in [1.82, 2.24) is 4.98 Å². The Morgan fingerprint density at radius 2 is 2.19 bits per heavy atom. The van der Waals surface area contributed by atoms with Gasteiger partial charge in [0.25, 0.3) is 0 Å². The minimum Gasteiger partial charge on any atom is -0.239 e. The van der Waals surface area contributed by atoms with Gasteiger partial charge in [-0.3, -0.25) is 0 Å². The van der Waals surface area contributed by atoms with E-state index in [1.807, 2.05) is 0 Å². The quantitative estimate of drug-likeness (QED) is 0.725. The van der Waals surface area contributed by atoms with E-state index < -0.39 is 0 Å². The van der Waals surface area contributed by atoms with Crippen molar-refractivity contribution >= 4 is 16.9 Å². The van der Waals surface area contributed by atoms with Gasteiger partial charge in [0.1, 0.15) is 10.0 Å². The van der Waals surface area contributed by atoms with Gasteiger partial charge in [0, 0.05) is 11.5 Å². The number of aromatic nitrogens is 1. The molecule has 2 nitrogen and oxygen atoms in total. The van der Waals surface area contributed by atoms with Crippen LogP contribution in [0, 0.1) is 12.8 Å². The fourth-order valence-corrected chi connectivity index (χ4v) is 3.18. The van der Waals surface area contributed by atoms with Gasteiger partial charge in [-0.1, -0.05) is 30.4 Å². The van der Waals surface area contributed by atoms with Gasteiger partial charge in [0.05, 0.1) is 10.7 Å². The number of rotatable bonds is 1. The molecule has 1 aliphatic carbocycles. The molecule has 0 radical (unpaired) electrons. The van der Waals surface area contributed by atoms with E-state index in [1.165, 1.54) is 16.8 Å². The second kappa shape index (κ2) is 3.39. The first-order chi connectivity index (χ1) is 7.70. The lowest BCUT2D eigenvalue weighted by Gasteiger charge is -2.18. The molecule has 0 amide bonds. The van der Waals surface area contributed by atoms with Crippen molar-refractivity contribution in [2.45, 2.75) is 27.2 Å². The minimum atomic E-state index is 0.491. The molecule has 0 saturated carbocycles. The highest BCUT2D eigenvalue weighted by Crippen LogP contribution is 2.33. The van der Waals surface area contributed by atoms with Gasteiger partial charge in [-0.05, 0) is 25.8 Å². The van der Waals surface area contributed by atoms with Crippen LogP contribution in [0.3, 0.4) is 0 Å². The van der Waals surface area contributed by atoms with Gasteiger partial charge < -0.3 is 0 Å². The Kier molecular flexibility index (Phi) is 2.11. The molecule has 3 rings (SSSR count). The number of nitrogens with zero attached hydrogens (tertiary/aromatic N) is 2. The largest absolute Gasteiger partial charge is 0.239 e. The first-order valence-electron chi connectivity index (χ1n) is 5.66. The third-order valence-corrected chi connectivity index (χ3v) is 4.07. The molecule has 2 aliphatic rings. The van der Waals surface area contributed by atoms with E-state index in [1.54, 1.807) is 11.3 Å². The summed E-state index contributed by atoms with van der Waals surface area (Å²) in [6.07, 6.45) is 5.60. The maximum atomic E-state index is 4.72. The maximum absolute atomic E-state index is 4.72. The first kappa shape index (κ1) is 9.97. The van der Waals surface area contributed by atoms with E-state index in [9.17, 15) is 0 Å². The van der Waals surface area contributed by atoms with Crippen molar-refractivity contribution in [3.8, 4) is 0 Å². The Morgan fingerprint density at radius 3 is 2.94 bits per heavy atom. The van der Waals surface area contributed by atoms with Crippen LogP contribution in [0.5, 0.6) is 0 Å². The maximum Gasteiger partial charge on any atom is 0.144 e. The summed E-state index contributed by atoms with van der Waals surface area (Å²) >= 11 is 1.70. The van der Waals surface area contributed by atoms with Gasteiger partial charge in [-0.25, -0.2) is 9.98 Å². The normalized spacial score (nSPS) is 22.2. The van der Waals surface area contributed by atoms with Gasteiger partial charge >= 0.3 is 0 Å². The van der Waals surface area contributed by atoms with E-state index in [4.69, 9.17) is 4.99 Å². The van der Waals surface area contributed by atoms with Crippen molar-refractivity contribution in [3.05, 3.63) is 38.4 Å². The highest BCUT2D eigenvalue weighted by molar-refractivity contribution is 7.09. The fourth-order valence-electron chi connectivity index (χ4n) is 2.37. The lowest BCUT2D eigenvalue weighted by atomic mass is 9.88. The van der Waals surface area contributed by atoms with Crippen LogP contribution < -0.4 is 10.0 Å². The Morgan fingerprint density at radius 1 is 1.38 bits per heavy atom. The second-order valence-electron chi connectivity index (χ2n) is 4.32. The molecular weight excluding hydrogens is 216 g/mol. The Bertz CT molecular complexity index is 631. The Hall–Kier alpha value is -1.22. The molecule has 82 valence electrons. The van der Waals surface area contributed by atoms with Crippen LogP contribution in [-0.2, 0) is 0 Å². The van der Waals surface area contributed by atoms with Crippen LogP contribution in [0.2, 0.25) is 0 Å². The van der Waals surface area contributed by atoms with Crippen molar-refractivity contribution in [1.29, 1.82) is 0 Å². The number of aryl methyl sites for hydroxylation is 1. The topological polar surface area (TPSA) is 25.2 Å². The number of thiazole rings is 1. The Balaban J connectivity index is 2.37. The van der Waals surface area contributed by atoms with Crippen molar-refractivity contribution in [2.24, 2.45) is 10.9 Å². The summed E-state index contributed by atoms with van der Waals surface area (Å²) in [6, 6.07) is 0. The smallest absolute Gasteiger partial charge is 0.144 e. The summed E-state index contributed by atoms with van der Waals surface area (Å²) in [5, 5.41) is 2.25. The predicted octanol–water partition coefficient (Wildman–Crippen LogP) is 2.11. The summed E-state index contributed by atoms with van der Waals surface area (Å²) in [4.78, 5) is 9.35. The van der Waals surface area contributed by atoms with Gasteiger partial charge in [0.2, 0.25) is 0 Å².